The van der Waals surface area contributed by atoms with Crippen molar-refractivity contribution in [3.8, 4) is 0 Å². The summed E-state index contributed by atoms with van der Waals surface area (Å²) >= 11 is 0. The Bertz CT molecular complexity index is 712. The Morgan fingerprint density at radius 2 is 1.68 bits per heavy atom. The zero-order chi connectivity index (χ0) is 19.7. The lowest BCUT2D eigenvalue weighted by atomic mass is 9.89. The number of rotatable bonds is 4. The van der Waals surface area contributed by atoms with Gasteiger partial charge >= 0.3 is 0 Å². The van der Waals surface area contributed by atoms with Crippen molar-refractivity contribution < 1.29 is 9.59 Å². The van der Waals surface area contributed by atoms with Crippen LogP contribution in [0.4, 0.5) is 5.69 Å². The Labute approximate surface area is 168 Å². The van der Waals surface area contributed by atoms with Gasteiger partial charge in [-0.25, -0.2) is 0 Å². The zero-order valence-corrected chi connectivity index (χ0v) is 17.1. The minimum absolute atomic E-state index is 0.0342. The van der Waals surface area contributed by atoms with Crippen LogP contribution in [-0.2, 0) is 4.79 Å². The topological polar surface area (TPSA) is 61.4 Å². The second kappa shape index (κ2) is 8.24. The molecule has 1 aromatic carbocycles. The van der Waals surface area contributed by atoms with Gasteiger partial charge in [-0.2, -0.15) is 0 Å². The van der Waals surface area contributed by atoms with Crippen molar-refractivity contribution in [2.45, 2.75) is 64.5 Å². The Morgan fingerprint density at radius 1 is 1.04 bits per heavy atom. The van der Waals surface area contributed by atoms with Crippen molar-refractivity contribution in [2.24, 2.45) is 17.8 Å². The number of likely N-dealkylation sites (tertiary alicyclic amines) is 1. The minimum atomic E-state index is 0.0342. The Balaban J connectivity index is 1.41. The Hall–Kier alpha value is -1.88. The summed E-state index contributed by atoms with van der Waals surface area (Å²) in [5.74, 6) is 1.56. The number of nitrogens with zero attached hydrogens (tertiary/aromatic N) is 1. The number of piperidine rings is 2. The second-order valence-electron chi connectivity index (χ2n) is 9.43. The quantitative estimate of drug-likeness (QED) is 0.834. The number of para-hydroxylation sites is 1. The molecular formula is C23H33N3O2. The first-order valence-electron chi connectivity index (χ1n) is 10.9. The highest BCUT2D eigenvalue weighted by Crippen LogP contribution is 2.33. The molecular weight excluding hydrogens is 350 g/mol. The van der Waals surface area contributed by atoms with Crippen molar-refractivity contribution in [2.75, 3.05) is 18.4 Å². The highest BCUT2D eigenvalue weighted by Gasteiger charge is 2.34. The summed E-state index contributed by atoms with van der Waals surface area (Å²) in [6.45, 7) is 6.00. The van der Waals surface area contributed by atoms with E-state index in [4.69, 9.17) is 0 Å². The summed E-state index contributed by atoms with van der Waals surface area (Å²) < 4.78 is 0. The summed E-state index contributed by atoms with van der Waals surface area (Å²) in [6, 6.07) is 8.64. The van der Waals surface area contributed by atoms with Crippen LogP contribution in [0.1, 0.15) is 62.7 Å². The average molecular weight is 384 g/mol. The van der Waals surface area contributed by atoms with Crippen LogP contribution in [0.5, 0.6) is 0 Å². The minimum Gasteiger partial charge on any atom is -0.338 e. The van der Waals surface area contributed by atoms with Gasteiger partial charge in [-0.1, -0.05) is 26.0 Å². The molecule has 5 heteroatoms. The van der Waals surface area contributed by atoms with Gasteiger partial charge in [0.05, 0.1) is 11.3 Å². The molecule has 2 N–H and O–H groups in total. The number of hydrogen-bond acceptors (Lipinski definition) is 3. The smallest absolute Gasteiger partial charge is 0.255 e. The first kappa shape index (κ1) is 19.4. The van der Waals surface area contributed by atoms with E-state index in [9.17, 15) is 9.59 Å². The van der Waals surface area contributed by atoms with E-state index < -0.39 is 0 Å². The van der Waals surface area contributed by atoms with Crippen molar-refractivity contribution >= 4 is 17.5 Å². The van der Waals surface area contributed by atoms with Crippen LogP contribution in [0.15, 0.2) is 24.3 Å². The number of anilines is 1. The number of hydrogen-bond donors (Lipinski definition) is 2. The molecule has 0 saturated carbocycles. The largest absolute Gasteiger partial charge is 0.338 e. The first-order valence-corrected chi connectivity index (χ1v) is 10.9. The fourth-order valence-corrected chi connectivity index (χ4v) is 5.58. The molecule has 4 unspecified atom stereocenters. The molecule has 0 aromatic heterocycles. The van der Waals surface area contributed by atoms with Gasteiger partial charge in [0.15, 0.2) is 0 Å². The number of nitrogens with one attached hydrogen (secondary N) is 2. The molecule has 5 nitrogen and oxygen atoms in total. The third kappa shape index (κ3) is 4.40. The van der Waals surface area contributed by atoms with E-state index in [1.807, 2.05) is 29.2 Å². The van der Waals surface area contributed by atoms with Gasteiger partial charge in [0, 0.05) is 31.6 Å². The van der Waals surface area contributed by atoms with E-state index >= 15 is 0 Å². The van der Waals surface area contributed by atoms with E-state index in [2.05, 4.69) is 24.5 Å². The summed E-state index contributed by atoms with van der Waals surface area (Å²) in [6.07, 6.45) is 6.39. The Kier molecular flexibility index (Phi) is 5.72. The molecule has 152 valence electrons. The van der Waals surface area contributed by atoms with Crippen molar-refractivity contribution in [3.63, 3.8) is 0 Å². The van der Waals surface area contributed by atoms with Crippen LogP contribution in [0, 0.1) is 17.8 Å². The van der Waals surface area contributed by atoms with Gasteiger partial charge in [0.2, 0.25) is 5.91 Å². The molecule has 3 fully saturated rings. The van der Waals surface area contributed by atoms with Crippen LogP contribution in [-0.4, -0.2) is 41.9 Å². The first-order chi connectivity index (χ1) is 13.5. The third-order valence-electron chi connectivity index (χ3n) is 6.63. The molecule has 0 radical (unpaired) electrons. The van der Waals surface area contributed by atoms with Gasteiger partial charge < -0.3 is 15.5 Å². The molecule has 2 bridgehead atoms. The monoisotopic (exact) mass is 383 g/mol. The SMILES string of the molecule is CC1CC(C)CN(C(=O)c2ccccc2NC(=O)CC2CC3CCC(C2)N3)C1. The van der Waals surface area contributed by atoms with E-state index in [0.717, 1.165) is 25.9 Å². The lowest BCUT2D eigenvalue weighted by molar-refractivity contribution is -0.117. The maximum Gasteiger partial charge on any atom is 0.255 e. The molecule has 4 atom stereocenters. The number of fused-ring (bicyclic) bond motifs is 2. The molecule has 0 aliphatic carbocycles. The van der Waals surface area contributed by atoms with E-state index in [1.165, 1.54) is 19.3 Å². The number of carbonyl (C=O) groups is 2. The van der Waals surface area contributed by atoms with Crippen LogP contribution < -0.4 is 10.6 Å². The van der Waals surface area contributed by atoms with E-state index in [0.29, 0.717) is 47.5 Å². The molecule has 2 amide bonds. The molecule has 4 rings (SSSR count). The standard InChI is InChI=1S/C23H33N3O2/c1-15-9-16(2)14-26(13-15)23(28)20-5-3-4-6-21(20)25-22(27)12-17-10-18-7-8-19(11-17)24-18/h3-6,15-19,24H,7-14H2,1-2H3,(H,25,27). The molecule has 0 spiro atoms. The predicted octanol–water partition coefficient (Wildman–Crippen LogP) is 3.66. The summed E-state index contributed by atoms with van der Waals surface area (Å²) in [5.41, 5.74) is 1.27. The highest BCUT2D eigenvalue weighted by molar-refractivity contribution is 6.03. The summed E-state index contributed by atoms with van der Waals surface area (Å²) in [5, 5.41) is 6.67. The molecule has 3 aliphatic heterocycles. The second-order valence-corrected chi connectivity index (χ2v) is 9.43. The van der Waals surface area contributed by atoms with Gasteiger partial charge in [0.25, 0.3) is 5.91 Å². The van der Waals surface area contributed by atoms with Crippen molar-refractivity contribution in [1.82, 2.24) is 10.2 Å². The molecule has 3 aliphatic rings. The van der Waals surface area contributed by atoms with Gasteiger partial charge in [0.1, 0.15) is 0 Å². The number of benzene rings is 1. The normalized spacial score (nSPS) is 32.2. The van der Waals surface area contributed by atoms with Gasteiger partial charge in [-0.05, 0) is 62.0 Å². The number of amides is 2. The summed E-state index contributed by atoms with van der Waals surface area (Å²) in [4.78, 5) is 27.8. The molecule has 3 saturated heterocycles. The lowest BCUT2D eigenvalue weighted by Crippen LogP contribution is -2.42. The predicted molar refractivity (Wildman–Crippen MR) is 111 cm³/mol. The fourth-order valence-electron chi connectivity index (χ4n) is 5.58. The van der Waals surface area contributed by atoms with Crippen LogP contribution in [0.2, 0.25) is 0 Å². The Morgan fingerprint density at radius 3 is 2.36 bits per heavy atom. The lowest BCUT2D eigenvalue weighted by Gasteiger charge is -2.35. The third-order valence-corrected chi connectivity index (χ3v) is 6.63. The maximum absolute atomic E-state index is 13.1. The maximum atomic E-state index is 13.1. The highest BCUT2D eigenvalue weighted by atomic mass is 16.2. The van der Waals surface area contributed by atoms with Crippen LogP contribution in [0.3, 0.4) is 0 Å². The van der Waals surface area contributed by atoms with E-state index in [1.54, 1.807) is 0 Å². The fraction of sp³-hybridized carbons (Fsp3) is 0.652. The number of carbonyl (C=O) groups excluding carboxylic acids is 2. The molecule has 28 heavy (non-hydrogen) atoms. The van der Waals surface area contributed by atoms with Crippen LogP contribution in [0.25, 0.3) is 0 Å². The van der Waals surface area contributed by atoms with Crippen molar-refractivity contribution in [3.05, 3.63) is 29.8 Å². The molecule has 3 heterocycles. The van der Waals surface area contributed by atoms with Gasteiger partial charge in [-0.3, -0.25) is 9.59 Å². The molecule has 1 aromatic rings. The van der Waals surface area contributed by atoms with Crippen molar-refractivity contribution in [1.29, 1.82) is 0 Å². The van der Waals surface area contributed by atoms with Crippen LogP contribution >= 0.6 is 0 Å². The average Bonchev–Trinajstić information content (AvgIpc) is 2.99. The van der Waals surface area contributed by atoms with Gasteiger partial charge in [-0.15, -0.1) is 0 Å². The summed E-state index contributed by atoms with van der Waals surface area (Å²) in [7, 11) is 0. The van der Waals surface area contributed by atoms with E-state index in [-0.39, 0.29) is 11.8 Å². The zero-order valence-electron chi connectivity index (χ0n) is 17.1.